The van der Waals surface area contributed by atoms with E-state index >= 15 is 0 Å². The summed E-state index contributed by atoms with van der Waals surface area (Å²) in [5, 5.41) is 0. The van der Waals surface area contributed by atoms with Gasteiger partial charge < -0.3 is 4.90 Å². The van der Waals surface area contributed by atoms with Gasteiger partial charge in [-0.1, -0.05) is 42.5 Å². The van der Waals surface area contributed by atoms with Crippen LogP contribution in [0, 0.1) is 0 Å². The van der Waals surface area contributed by atoms with Crippen molar-refractivity contribution in [1.29, 1.82) is 0 Å². The highest BCUT2D eigenvalue weighted by molar-refractivity contribution is 6.21. The second-order valence-electron chi connectivity index (χ2n) is 7.19. The van der Waals surface area contributed by atoms with Gasteiger partial charge in [-0.15, -0.1) is 0 Å². The lowest BCUT2D eigenvalue weighted by atomic mass is 10.1. The molecule has 1 fully saturated rings. The van der Waals surface area contributed by atoms with Crippen molar-refractivity contribution in [3.8, 4) is 0 Å². The van der Waals surface area contributed by atoms with E-state index < -0.39 is 0 Å². The Kier molecular flexibility index (Phi) is 5.21. The molecular weight excluding hydrogens is 354 g/mol. The fourth-order valence-electron chi connectivity index (χ4n) is 3.79. The Balaban J connectivity index is 1.26. The van der Waals surface area contributed by atoms with Crippen LogP contribution in [-0.4, -0.2) is 71.7 Å². The molecular formula is C22H23N3O3. The summed E-state index contributed by atoms with van der Waals surface area (Å²) in [7, 11) is 0. The smallest absolute Gasteiger partial charge is 0.261 e. The van der Waals surface area contributed by atoms with Gasteiger partial charge in [0.15, 0.2) is 0 Å². The first-order valence-corrected chi connectivity index (χ1v) is 9.63. The van der Waals surface area contributed by atoms with Crippen molar-refractivity contribution in [3.63, 3.8) is 0 Å². The molecule has 6 nitrogen and oxygen atoms in total. The Morgan fingerprint density at radius 1 is 0.750 bits per heavy atom. The maximum atomic E-state index is 12.5. The Hall–Kier alpha value is -2.99. The van der Waals surface area contributed by atoms with Crippen LogP contribution in [0.1, 0.15) is 26.3 Å². The number of hydrogen-bond acceptors (Lipinski definition) is 4. The highest BCUT2D eigenvalue weighted by atomic mass is 16.2. The average Bonchev–Trinajstić information content (AvgIpc) is 2.98. The predicted octanol–water partition coefficient (Wildman–Crippen LogP) is 1.67. The average molecular weight is 377 g/mol. The second-order valence-corrected chi connectivity index (χ2v) is 7.19. The van der Waals surface area contributed by atoms with Crippen molar-refractivity contribution in [2.24, 2.45) is 0 Å². The molecule has 0 N–H and O–H groups in total. The first kappa shape index (κ1) is 18.4. The van der Waals surface area contributed by atoms with Crippen LogP contribution >= 0.6 is 0 Å². The van der Waals surface area contributed by atoms with Crippen LogP contribution in [0.4, 0.5) is 0 Å². The highest BCUT2D eigenvalue weighted by Crippen LogP contribution is 2.22. The van der Waals surface area contributed by atoms with E-state index in [1.54, 1.807) is 24.3 Å². The van der Waals surface area contributed by atoms with Crippen LogP contribution in [-0.2, 0) is 11.2 Å². The van der Waals surface area contributed by atoms with Crippen molar-refractivity contribution in [2.75, 3.05) is 39.3 Å². The van der Waals surface area contributed by atoms with Gasteiger partial charge in [0, 0.05) is 39.3 Å². The van der Waals surface area contributed by atoms with Gasteiger partial charge in [-0.05, 0) is 17.7 Å². The van der Waals surface area contributed by atoms with E-state index in [4.69, 9.17) is 0 Å². The third-order valence-electron chi connectivity index (χ3n) is 5.44. The first-order chi connectivity index (χ1) is 13.6. The quantitative estimate of drug-likeness (QED) is 0.744. The number of nitrogens with zero attached hydrogens (tertiary/aromatic N) is 3. The van der Waals surface area contributed by atoms with E-state index in [-0.39, 0.29) is 17.7 Å². The van der Waals surface area contributed by atoms with Crippen LogP contribution in [0.2, 0.25) is 0 Å². The Bertz CT molecular complexity index is 854. The zero-order chi connectivity index (χ0) is 19.5. The molecule has 2 aromatic carbocycles. The Labute approximate surface area is 164 Å². The molecule has 2 heterocycles. The van der Waals surface area contributed by atoms with Crippen LogP contribution in [0.15, 0.2) is 54.6 Å². The molecule has 4 rings (SSSR count). The first-order valence-electron chi connectivity index (χ1n) is 9.63. The molecule has 144 valence electrons. The van der Waals surface area contributed by atoms with Crippen molar-refractivity contribution >= 4 is 17.7 Å². The molecule has 0 aromatic heterocycles. The van der Waals surface area contributed by atoms with Gasteiger partial charge in [-0.2, -0.15) is 0 Å². The standard InChI is InChI=1S/C22H23N3O3/c26-20(16-17-6-2-1-3-7-17)24-13-10-23(11-14-24)12-15-25-21(27)18-8-4-5-9-19(18)22(25)28/h1-9H,10-16H2. The van der Waals surface area contributed by atoms with E-state index in [0.717, 1.165) is 18.7 Å². The molecule has 28 heavy (non-hydrogen) atoms. The van der Waals surface area contributed by atoms with E-state index in [1.165, 1.54) is 4.90 Å². The molecule has 3 amide bonds. The minimum atomic E-state index is -0.211. The molecule has 0 aliphatic carbocycles. The number of fused-ring (bicyclic) bond motifs is 1. The Morgan fingerprint density at radius 3 is 1.93 bits per heavy atom. The number of rotatable bonds is 5. The van der Waals surface area contributed by atoms with E-state index in [9.17, 15) is 14.4 Å². The van der Waals surface area contributed by atoms with Gasteiger partial charge in [0.1, 0.15) is 0 Å². The number of hydrogen-bond donors (Lipinski definition) is 0. The summed E-state index contributed by atoms with van der Waals surface area (Å²) in [6, 6.07) is 16.7. The number of amides is 3. The van der Waals surface area contributed by atoms with Gasteiger partial charge in [0.05, 0.1) is 17.5 Å². The predicted molar refractivity (Wildman–Crippen MR) is 105 cm³/mol. The number of carbonyl (C=O) groups excluding carboxylic acids is 3. The minimum absolute atomic E-state index is 0.145. The lowest BCUT2D eigenvalue weighted by molar-refractivity contribution is -0.132. The molecule has 2 aromatic rings. The largest absolute Gasteiger partial charge is 0.340 e. The number of piperazine rings is 1. The molecule has 6 heteroatoms. The molecule has 2 aliphatic heterocycles. The zero-order valence-corrected chi connectivity index (χ0v) is 15.7. The summed E-state index contributed by atoms with van der Waals surface area (Å²) in [5.74, 6) is -0.277. The summed E-state index contributed by atoms with van der Waals surface area (Å²) in [6.45, 7) is 3.87. The maximum absolute atomic E-state index is 12.5. The van der Waals surface area contributed by atoms with Crippen LogP contribution in [0.5, 0.6) is 0 Å². The van der Waals surface area contributed by atoms with Crippen molar-refractivity contribution in [2.45, 2.75) is 6.42 Å². The number of benzene rings is 2. The second kappa shape index (κ2) is 7.94. The van der Waals surface area contributed by atoms with Gasteiger partial charge in [-0.25, -0.2) is 0 Å². The van der Waals surface area contributed by atoms with Gasteiger partial charge in [0.25, 0.3) is 11.8 Å². The van der Waals surface area contributed by atoms with Gasteiger partial charge >= 0.3 is 0 Å². The SMILES string of the molecule is O=C(Cc1ccccc1)N1CCN(CCN2C(=O)c3ccccc3C2=O)CC1. The molecule has 0 bridgehead atoms. The fourth-order valence-corrected chi connectivity index (χ4v) is 3.79. The molecule has 0 saturated carbocycles. The normalized spacial score (nSPS) is 17.1. The summed E-state index contributed by atoms with van der Waals surface area (Å²) in [5.41, 5.74) is 2.01. The zero-order valence-electron chi connectivity index (χ0n) is 15.7. The number of carbonyl (C=O) groups is 3. The minimum Gasteiger partial charge on any atom is -0.340 e. The highest BCUT2D eigenvalue weighted by Gasteiger charge is 2.35. The summed E-state index contributed by atoms with van der Waals surface area (Å²) < 4.78 is 0. The van der Waals surface area contributed by atoms with Crippen LogP contribution in [0.25, 0.3) is 0 Å². The lowest BCUT2D eigenvalue weighted by Crippen LogP contribution is -2.51. The third kappa shape index (κ3) is 3.68. The Morgan fingerprint density at radius 2 is 1.32 bits per heavy atom. The fraction of sp³-hybridized carbons (Fsp3) is 0.318. The summed E-state index contributed by atoms with van der Waals surface area (Å²) >= 11 is 0. The molecule has 0 atom stereocenters. The summed E-state index contributed by atoms with van der Waals surface area (Å²) in [4.78, 5) is 42.7. The van der Waals surface area contributed by atoms with Crippen LogP contribution < -0.4 is 0 Å². The van der Waals surface area contributed by atoms with E-state index in [2.05, 4.69) is 4.90 Å². The van der Waals surface area contributed by atoms with Gasteiger partial charge in [0.2, 0.25) is 5.91 Å². The van der Waals surface area contributed by atoms with Crippen LogP contribution in [0.3, 0.4) is 0 Å². The topological polar surface area (TPSA) is 60.9 Å². The molecule has 0 unspecified atom stereocenters. The van der Waals surface area contributed by atoms with E-state index in [0.29, 0.717) is 43.7 Å². The van der Waals surface area contributed by atoms with Crippen molar-refractivity contribution in [3.05, 3.63) is 71.3 Å². The molecule has 0 radical (unpaired) electrons. The maximum Gasteiger partial charge on any atom is 0.261 e. The summed E-state index contributed by atoms with van der Waals surface area (Å²) in [6.07, 6.45) is 0.426. The molecule has 1 saturated heterocycles. The number of imide groups is 1. The molecule has 2 aliphatic rings. The van der Waals surface area contributed by atoms with Crippen molar-refractivity contribution in [1.82, 2.24) is 14.7 Å². The van der Waals surface area contributed by atoms with E-state index in [1.807, 2.05) is 35.2 Å². The monoisotopic (exact) mass is 377 g/mol. The van der Waals surface area contributed by atoms with Gasteiger partial charge in [-0.3, -0.25) is 24.2 Å². The molecule has 0 spiro atoms. The lowest BCUT2D eigenvalue weighted by Gasteiger charge is -2.35. The van der Waals surface area contributed by atoms with Crippen molar-refractivity contribution < 1.29 is 14.4 Å². The third-order valence-corrected chi connectivity index (χ3v) is 5.44.